The van der Waals surface area contributed by atoms with Crippen LogP contribution in [0.3, 0.4) is 0 Å². The van der Waals surface area contributed by atoms with Gasteiger partial charge in [-0.1, -0.05) is 37.3 Å². The Bertz CT molecular complexity index is 423. The van der Waals surface area contributed by atoms with Crippen molar-refractivity contribution in [3.05, 3.63) is 35.9 Å². The van der Waals surface area contributed by atoms with Crippen LogP contribution >= 0.6 is 11.8 Å². The Labute approximate surface area is 119 Å². The number of carbonyl (C=O) groups is 1. The maximum absolute atomic E-state index is 12.2. The van der Waals surface area contributed by atoms with Crippen LogP contribution in [0.5, 0.6) is 0 Å². The third-order valence-corrected chi connectivity index (χ3v) is 4.71. The van der Waals surface area contributed by atoms with Crippen molar-refractivity contribution >= 4 is 17.7 Å². The number of carbonyl (C=O) groups excluding carboxylic acids is 1. The summed E-state index contributed by atoms with van der Waals surface area (Å²) in [4.78, 5) is 14.2. The van der Waals surface area contributed by atoms with E-state index in [4.69, 9.17) is 0 Å². The fraction of sp³-hybridized carbons (Fsp3) is 0.533. The molecule has 0 aromatic heterocycles. The molecule has 104 valence electrons. The summed E-state index contributed by atoms with van der Waals surface area (Å²) in [7, 11) is 0. The first-order valence-electron chi connectivity index (χ1n) is 6.77. The van der Waals surface area contributed by atoms with E-state index in [2.05, 4.69) is 30.6 Å². The predicted molar refractivity (Wildman–Crippen MR) is 81.1 cm³/mol. The van der Waals surface area contributed by atoms with E-state index in [1.165, 1.54) is 0 Å². The molecule has 1 aliphatic heterocycles. The van der Waals surface area contributed by atoms with Crippen LogP contribution in [0, 0.1) is 0 Å². The van der Waals surface area contributed by atoms with Crippen LogP contribution in [0.25, 0.3) is 0 Å². The fourth-order valence-electron chi connectivity index (χ4n) is 2.36. The van der Waals surface area contributed by atoms with Gasteiger partial charge in [0.05, 0.1) is 6.04 Å². The lowest BCUT2D eigenvalue weighted by atomic mass is 10.1. The van der Waals surface area contributed by atoms with E-state index in [9.17, 15) is 4.79 Å². The van der Waals surface area contributed by atoms with E-state index in [0.29, 0.717) is 5.25 Å². The van der Waals surface area contributed by atoms with E-state index in [0.717, 1.165) is 18.5 Å². The summed E-state index contributed by atoms with van der Waals surface area (Å²) in [6, 6.07) is 10.1. The zero-order valence-electron chi connectivity index (χ0n) is 11.8. The van der Waals surface area contributed by atoms with Crippen LogP contribution in [0.1, 0.15) is 32.0 Å². The number of nitrogens with one attached hydrogen (secondary N) is 1. The van der Waals surface area contributed by atoms with Gasteiger partial charge in [-0.3, -0.25) is 10.1 Å². The summed E-state index contributed by atoms with van der Waals surface area (Å²) in [5.74, 6) is 0.210. The van der Waals surface area contributed by atoms with Gasteiger partial charge in [-0.2, -0.15) is 11.8 Å². The lowest BCUT2D eigenvalue weighted by Crippen LogP contribution is -2.32. The minimum atomic E-state index is -0.0882. The molecule has 4 heteroatoms. The summed E-state index contributed by atoms with van der Waals surface area (Å²) in [6.45, 7) is 4.97. The number of hydrogen-bond donors (Lipinski definition) is 1. The third-order valence-electron chi connectivity index (χ3n) is 3.67. The number of hydrogen-bond acceptors (Lipinski definition) is 3. The zero-order valence-corrected chi connectivity index (χ0v) is 12.6. The Morgan fingerprint density at radius 3 is 2.68 bits per heavy atom. The highest BCUT2D eigenvalue weighted by Crippen LogP contribution is 2.26. The molecular formula is C15H22N2OS. The van der Waals surface area contributed by atoms with E-state index in [1.807, 2.05) is 41.8 Å². The molecule has 1 heterocycles. The predicted octanol–water partition coefficient (Wildman–Crippen LogP) is 2.65. The Morgan fingerprint density at radius 2 is 2.05 bits per heavy atom. The summed E-state index contributed by atoms with van der Waals surface area (Å²) in [6.07, 6.45) is 3.18. The van der Waals surface area contributed by atoms with Crippen molar-refractivity contribution in [2.24, 2.45) is 0 Å². The van der Waals surface area contributed by atoms with Crippen LogP contribution in [0.2, 0.25) is 0 Å². The number of thioether (sulfide) groups is 1. The van der Waals surface area contributed by atoms with E-state index < -0.39 is 0 Å². The summed E-state index contributed by atoms with van der Waals surface area (Å²) in [5, 5.41) is 3.96. The average molecular weight is 278 g/mol. The molecule has 0 saturated carbocycles. The molecular weight excluding hydrogens is 256 g/mol. The molecule has 2 rings (SSSR count). The van der Waals surface area contributed by atoms with Crippen LogP contribution in [0.4, 0.5) is 0 Å². The number of amides is 1. The van der Waals surface area contributed by atoms with Crippen molar-refractivity contribution in [1.29, 1.82) is 0 Å². The van der Waals surface area contributed by atoms with E-state index >= 15 is 0 Å². The van der Waals surface area contributed by atoms with Gasteiger partial charge < -0.3 is 4.90 Å². The lowest BCUT2D eigenvalue weighted by Gasteiger charge is -2.25. The number of rotatable bonds is 5. The molecule has 1 fully saturated rings. The van der Waals surface area contributed by atoms with Crippen molar-refractivity contribution in [3.8, 4) is 0 Å². The number of nitrogens with zero attached hydrogens (tertiary/aromatic N) is 1. The van der Waals surface area contributed by atoms with Crippen LogP contribution < -0.4 is 5.32 Å². The third kappa shape index (κ3) is 3.31. The van der Waals surface area contributed by atoms with Crippen molar-refractivity contribution in [3.63, 3.8) is 0 Å². The molecule has 1 N–H and O–H groups in total. The molecule has 0 aliphatic carbocycles. The maximum atomic E-state index is 12.2. The smallest absolute Gasteiger partial charge is 0.241 e. The molecule has 0 spiro atoms. The first-order chi connectivity index (χ1) is 9.13. The maximum Gasteiger partial charge on any atom is 0.241 e. The number of benzene rings is 1. The molecule has 0 bridgehead atoms. The Kier molecular flexibility index (Phi) is 4.88. The Hall–Kier alpha value is -1.00. The van der Waals surface area contributed by atoms with Gasteiger partial charge >= 0.3 is 0 Å². The van der Waals surface area contributed by atoms with Gasteiger partial charge in [0, 0.05) is 11.8 Å². The first kappa shape index (κ1) is 14.4. The van der Waals surface area contributed by atoms with E-state index in [1.54, 1.807) is 0 Å². The average Bonchev–Trinajstić information content (AvgIpc) is 2.73. The molecule has 0 radical (unpaired) electrons. The highest BCUT2D eigenvalue weighted by atomic mass is 32.2. The van der Waals surface area contributed by atoms with E-state index in [-0.39, 0.29) is 18.1 Å². The van der Waals surface area contributed by atoms with Crippen molar-refractivity contribution in [2.45, 2.75) is 37.7 Å². The molecule has 3 nitrogen and oxygen atoms in total. The zero-order chi connectivity index (χ0) is 13.8. The van der Waals surface area contributed by atoms with Crippen LogP contribution in [-0.4, -0.2) is 34.9 Å². The normalized spacial score (nSPS) is 24.8. The fourth-order valence-corrected chi connectivity index (χ4v) is 2.70. The van der Waals surface area contributed by atoms with Gasteiger partial charge in [0.2, 0.25) is 5.91 Å². The highest BCUT2D eigenvalue weighted by Gasteiger charge is 2.36. The molecule has 1 amide bonds. The largest absolute Gasteiger partial charge is 0.322 e. The van der Waals surface area contributed by atoms with Crippen molar-refractivity contribution < 1.29 is 4.79 Å². The molecule has 3 unspecified atom stereocenters. The second kappa shape index (κ2) is 6.44. The van der Waals surface area contributed by atoms with Gasteiger partial charge in [0.15, 0.2) is 0 Å². The van der Waals surface area contributed by atoms with Gasteiger partial charge in [0.1, 0.15) is 6.17 Å². The Balaban J connectivity index is 2.10. The van der Waals surface area contributed by atoms with Crippen molar-refractivity contribution in [2.75, 3.05) is 12.8 Å². The lowest BCUT2D eigenvalue weighted by molar-refractivity contribution is -0.129. The van der Waals surface area contributed by atoms with Crippen LogP contribution in [-0.2, 0) is 4.79 Å². The minimum Gasteiger partial charge on any atom is -0.322 e. The topological polar surface area (TPSA) is 32.3 Å². The monoisotopic (exact) mass is 278 g/mol. The molecule has 1 aromatic rings. The Morgan fingerprint density at radius 1 is 1.37 bits per heavy atom. The minimum absolute atomic E-state index is 0.0257. The molecule has 1 aliphatic rings. The second-order valence-electron chi connectivity index (χ2n) is 5.07. The summed E-state index contributed by atoms with van der Waals surface area (Å²) < 4.78 is 0. The standard InChI is InChI=1S/C15H22N2OS/c1-11(19-3)9-10-17-14(16-12(2)15(17)18)13-7-5-4-6-8-13/h4-8,11-12,14,16H,9-10H2,1-3H3. The summed E-state index contributed by atoms with van der Waals surface area (Å²) in [5.41, 5.74) is 1.16. The van der Waals surface area contributed by atoms with Gasteiger partial charge in [-0.15, -0.1) is 0 Å². The van der Waals surface area contributed by atoms with Gasteiger partial charge in [-0.25, -0.2) is 0 Å². The SMILES string of the molecule is CSC(C)CCN1C(=O)C(C)NC1c1ccccc1. The molecule has 1 aromatic carbocycles. The first-order valence-corrected chi connectivity index (χ1v) is 8.06. The molecule has 1 saturated heterocycles. The quantitative estimate of drug-likeness (QED) is 0.898. The molecule has 19 heavy (non-hydrogen) atoms. The van der Waals surface area contributed by atoms with Gasteiger partial charge in [-0.05, 0) is 25.2 Å². The van der Waals surface area contributed by atoms with Crippen LogP contribution in [0.15, 0.2) is 30.3 Å². The molecule has 3 atom stereocenters. The van der Waals surface area contributed by atoms with Gasteiger partial charge in [0.25, 0.3) is 0 Å². The van der Waals surface area contributed by atoms with Crippen molar-refractivity contribution in [1.82, 2.24) is 10.2 Å². The highest BCUT2D eigenvalue weighted by molar-refractivity contribution is 7.99. The summed E-state index contributed by atoms with van der Waals surface area (Å²) >= 11 is 1.85. The second-order valence-corrected chi connectivity index (χ2v) is 6.34.